The van der Waals surface area contributed by atoms with Crippen molar-refractivity contribution in [2.24, 2.45) is 11.8 Å². The van der Waals surface area contributed by atoms with Crippen molar-refractivity contribution >= 4 is 52.6 Å². The Labute approximate surface area is 263 Å². The first kappa shape index (κ1) is 28.3. The van der Waals surface area contributed by atoms with Gasteiger partial charge in [0.15, 0.2) is 0 Å². The number of hydrogen-bond acceptors (Lipinski definition) is 5. The van der Waals surface area contributed by atoms with E-state index in [4.69, 9.17) is 27.9 Å². The number of carbonyl (C=O) groups is 4. The molecule has 1 heterocycles. The maximum Gasteiger partial charge on any atom is 0.337 e. The van der Waals surface area contributed by atoms with Gasteiger partial charge in [-0.25, -0.2) is 4.79 Å². The van der Waals surface area contributed by atoms with Crippen molar-refractivity contribution in [2.75, 3.05) is 12.4 Å². The minimum atomic E-state index is -1.35. The van der Waals surface area contributed by atoms with E-state index in [2.05, 4.69) is 5.32 Å². The lowest BCUT2D eigenvalue weighted by molar-refractivity contribution is -0.146. The SMILES string of the molecule is COC(=O)c1ccc(NC(=O)[C@H](Cc2ccccc2)N2C(=O)[C@@H]3[C@@H](C2=O)C2(Cl)c4ccccc4C3(Cl)c3ccccc32)cc1. The molecule has 7 nitrogen and oxygen atoms in total. The van der Waals surface area contributed by atoms with Crippen molar-refractivity contribution in [1.29, 1.82) is 0 Å². The fourth-order valence-electron chi connectivity index (χ4n) is 7.17. The number of amides is 3. The molecular weight excluding hydrogens is 599 g/mol. The average molecular weight is 626 g/mol. The monoisotopic (exact) mass is 624 g/mol. The van der Waals surface area contributed by atoms with Gasteiger partial charge in [0.25, 0.3) is 0 Å². The number of likely N-dealkylation sites (tertiary alicyclic amines) is 1. The molecule has 1 N–H and O–H groups in total. The van der Waals surface area contributed by atoms with Crippen LogP contribution in [0.1, 0.15) is 38.2 Å². The minimum absolute atomic E-state index is 0.0777. The van der Waals surface area contributed by atoms with Crippen molar-refractivity contribution in [3.05, 3.63) is 137 Å². The van der Waals surface area contributed by atoms with Gasteiger partial charge in [-0.1, -0.05) is 78.9 Å². The Hall–Kier alpha value is -4.46. The molecule has 8 rings (SSSR count). The molecule has 0 radical (unpaired) electrons. The molecule has 1 saturated heterocycles. The zero-order valence-corrected chi connectivity index (χ0v) is 25.0. The predicted molar refractivity (Wildman–Crippen MR) is 165 cm³/mol. The smallest absolute Gasteiger partial charge is 0.337 e. The van der Waals surface area contributed by atoms with Crippen molar-refractivity contribution < 1.29 is 23.9 Å². The Morgan fingerprint density at radius 1 is 0.750 bits per heavy atom. The zero-order valence-electron chi connectivity index (χ0n) is 23.5. The molecule has 0 saturated carbocycles. The number of rotatable bonds is 6. The van der Waals surface area contributed by atoms with Gasteiger partial charge in [-0.05, 0) is 52.1 Å². The summed E-state index contributed by atoms with van der Waals surface area (Å²) in [6.45, 7) is 0. The Morgan fingerprint density at radius 3 is 1.66 bits per heavy atom. The molecule has 0 aromatic heterocycles. The van der Waals surface area contributed by atoms with E-state index in [1.807, 2.05) is 78.9 Å². The van der Waals surface area contributed by atoms with Gasteiger partial charge < -0.3 is 10.1 Å². The third kappa shape index (κ3) is 3.89. The van der Waals surface area contributed by atoms with E-state index in [-0.39, 0.29) is 6.42 Å². The highest BCUT2D eigenvalue weighted by atomic mass is 35.5. The van der Waals surface area contributed by atoms with Crippen LogP contribution in [0.25, 0.3) is 0 Å². The van der Waals surface area contributed by atoms with Crippen molar-refractivity contribution in [3.8, 4) is 0 Å². The third-order valence-electron chi connectivity index (χ3n) is 9.08. The van der Waals surface area contributed by atoms with Gasteiger partial charge in [-0.3, -0.25) is 19.3 Å². The standard InChI is InChI=1S/C35H26Cl2N2O5/c1-44-33(43)21-15-17-22(18-16-21)38-30(40)27(19-20-9-3-2-4-10-20)39-31(41)28-29(32(39)42)35(37)24-12-6-5-11-23(24)34(28,36)25-13-7-8-14-26(25)35/h2-18,27-29H,19H2,1H3,(H,38,40)/t27-,28-,29-,34?,35?/m0/s1. The fraction of sp³-hybridized carbons (Fsp3) is 0.200. The zero-order chi connectivity index (χ0) is 30.8. The Balaban J connectivity index is 1.32. The maximum absolute atomic E-state index is 14.6. The van der Waals surface area contributed by atoms with E-state index in [1.165, 1.54) is 19.2 Å². The summed E-state index contributed by atoms with van der Waals surface area (Å²) in [6, 6.07) is 29.0. The maximum atomic E-state index is 14.6. The highest BCUT2D eigenvalue weighted by molar-refractivity contribution is 6.36. The minimum Gasteiger partial charge on any atom is -0.465 e. The van der Waals surface area contributed by atoms with Crippen LogP contribution in [0.2, 0.25) is 0 Å². The van der Waals surface area contributed by atoms with Crippen LogP contribution in [-0.2, 0) is 35.3 Å². The lowest BCUT2D eigenvalue weighted by Gasteiger charge is -2.54. The first-order valence-electron chi connectivity index (χ1n) is 14.2. The second-order valence-corrected chi connectivity index (χ2v) is 12.5. The highest BCUT2D eigenvalue weighted by Gasteiger charge is 2.73. The Morgan fingerprint density at radius 2 is 1.20 bits per heavy atom. The highest BCUT2D eigenvalue weighted by Crippen LogP contribution is 2.69. The van der Waals surface area contributed by atoms with E-state index in [1.54, 1.807) is 12.1 Å². The van der Waals surface area contributed by atoms with Crippen LogP contribution in [0.5, 0.6) is 0 Å². The van der Waals surface area contributed by atoms with Crippen LogP contribution < -0.4 is 5.32 Å². The molecule has 1 fully saturated rings. The van der Waals surface area contributed by atoms with Crippen molar-refractivity contribution in [3.63, 3.8) is 0 Å². The molecule has 220 valence electrons. The number of imide groups is 1. The summed E-state index contributed by atoms with van der Waals surface area (Å²) in [5.41, 5.74) is 4.22. The number of nitrogens with one attached hydrogen (secondary N) is 1. The van der Waals surface area contributed by atoms with Gasteiger partial charge in [0.1, 0.15) is 15.8 Å². The molecule has 3 atom stereocenters. The fourth-order valence-corrected chi connectivity index (χ4v) is 8.27. The molecule has 1 aliphatic heterocycles. The van der Waals surface area contributed by atoms with E-state index in [0.717, 1.165) is 10.5 Å². The first-order chi connectivity index (χ1) is 21.2. The normalized spacial score (nSPS) is 25.1. The molecular formula is C35H26Cl2N2O5. The van der Waals surface area contributed by atoms with E-state index >= 15 is 0 Å². The first-order valence-corrected chi connectivity index (χ1v) is 14.9. The van der Waals surface area contributed by atoms with Crippen LogP contribution in [-0.4, -0.2) is 41.7 Å². The number of hydrogen-bond donors (Lipinski definition) is 1. The van der Waals surface area contributed by atoms with Crippen molar-refractivity contribution in [2.45, 2.75) is 22.2 Å². The lowest BCUT2D eigenvalue weighted by Crippen LogP contribution is -2.57. The molecule has 4 aromatic carbocycles. The summed E-state index contributed by atoms with van der Waals surface area (Å²) in [7, 11) is 1.28. The van der Waals surface area contributed by atoms with E-state index < -0.39 is 51.3 Å². The lowest BCUT2D eigenvalue weighted by atomic mass is 9.54. The van der Waals surface area contributed by atoms with Crippen LogP contribution in [0.4, 0.5) is 5.69 Å². The van der Waals surface area contributed by atoms with Gasteiger partial charge in [0.05, 0.1) is 24.5 Å². The number of nitrogens with zero attached hydrogens (tertiary/aromatic N) is 1. The molecule has 3 amide bonds. The average Bonchev–Trinajstić information content (AvgIpc) is 3.33. The summed E-state index contributed by atoms with van der Waals surface area (Å²) in [4.78, 5) is 53.5. The van der Waals surface area contributed by atoms with Gasteiger partial charge in [0, 0.05) is 12.1 Å². The van der Waals surface area contributed by atoms with Gasteiger partial charge >= 0.3 is 5.97 Å². The molecule has 4 aliphatic rings. The van der Waals surface area contributed by atoms with Gasteiger partial charge in [0.2, 0.25) is 17.7 Å². The molecule has 0 unspecified atom stereocenters. The van der Waals surface area contributed by atoms with Crippen LogP contribution in [0, 0.1) is 11.8 Å². The third-order valence-corrected chi connectivity index (χ3v) is 10.4. The number of alkyl halides is 2. The van der Waals surface area contributed by atoms with Crippen LogP contribution in [0.3, 0.4) is 0 Å². The topological polar surface area (TPSA) is 92.8 Å². The molecule has 3 aliphatic carbocycles. The molecule has 2 bridgehead atoms. The molecule has 9 heteroatoms. The summed E-state index contributed by atoms with van der Waals surface area (Å²) in [5.74, 6) is -4.20. The molecule has 0 spiro atoms. The van der Waals surface area contributed by atoms with Gasteiger partial charge in [-0.2, -0.15) is 0 Å². The number of carbonyl (C=O) groups excluding carboxylic acids is 4. The van der Waals surface area contributed by atoms with E-state index in [9.17, 15) is 19.2 Å². The summed E-state index contributed by atoms with van der Waals surface area (Å²) in [6.07, 6.45) is 0.0777. The largest absolute Gasteiger partial charge is 0.465 e. The Bertz CT molecular complexity index is 1720. The summed E-state index contributed by atoms with van der Waals surface area (Å²) < 4.78 is 4.76. The quantitative estimate of drug-likeness (QED) is 0.171. The summed E-state index contributed by atoms with van der Waals surface area (Å²) in [5, 5.41) is 2.83. The number of esters is 1. The number of ether oxygens (including phenoxy) is 1. The number of anilines is 1. The second-order valence-electron chi connectivity index (χ2n) is 11.3. The predicted octanol–water partition coefficient (Wildman–Crippen LogP) is 5.62. The Kier molecular flexibility index (Phi) is 6.64. The molecule has 4 aromatic rings. The van der Waals surface area contributed by atoms with Crippen molar-refractivity contribution in [1.82, 2.24) is 4.90 Å². The number of methoxy groups -OCH3 is 1. The number of halogens is 2. The second kappa shape index (κ2) is 10.3. The van der Waals surface area contributed by atoms with Gasteiger partial charge in [-0.15, -0.1) is 23.2 Å². The van der Waals surface area contributed by atoms with E-state index in [0.29, 0.717) is 33.5 Å². The summed E-state index contributed by atoms with van der Waals surface area (Å²) >= 11 is 15.2. The molecule has 44 heavy (non-hydrogen) atoms. The van der Waals surface area contributed by atoms with Crippen LogP contribution >= 0.6 is 23.2 Å². The van der Waals surface area contributed by atoms with Crippen LogP contribution in [0.15, 0.2) is 103 Å². The number of benzene rings is 4.